The van der Waals surface area contributed by atoms with Gasteiger partial charge >= 0.3 is 0 Å². The van der Waals surface area contributed by atoms with Crippen molar-refractivity contribution in [2.75, 3.05) is 13.1 Å². The van der Waals surface area contributed by atoms with Gasteiger partial charge in [0.25, 0.3) is 0 Å². The van der Waals surface area contributed by atoms with Gasteiger partial charge in [0.2, 0.25) is 15.9 Å². The van der Waals surface area contributed by atoms with Crippen molar-refractivity contribution in [3.63, 3.8) is 0 Å². The molecule has 1 heterocycles. The van der Waals surface area contributed by atoms with E-state index in [1.54, 1.807) is 30.3 Å². The topological polar surface area (TPSA) is 66.5 Å². The van der Waals surface area contributed by atoms with Crippen molar-refractivity contribution in [3.8, 4) is 0 Å². The van der Waals surface area contributed by atoms with E-state index in [2.05, 4.69) is 31.3 Å². The Kier molecular flexibility index (Phi) is 5.91. The Hall–Kier alpha value is -2.18. The molecule has 0 bridgehead atoms. The van der Waals surface area contributed by atoms with Crippen LogP contribution < -0.4 is 5.32 Å². The summed E-state index contributed by atoms with van der Waals surface area (Å²) in [5.41, 5.74) is 2.07. The lowest BCUT2D eigenvalue weighted by molar-refractivity contribution is -0.124. The lowest BCUT2D eigenvalue weighted by atomic mass is 9.84. The van der Waals surface area contributed by atoms with E-state index >= 15 is 0 Å². The fraction of sp³-hybridized carbons (Fsp3) is 0.409. The van der Waals surface area contributed by atoms with Crippen LogP contribution in [0.15, 0.2) is 59.5 Å². The summed E-state index contributed by atoms with van der Waals surface area (Å²) in [6, 6.07) is 15.9. The largest absolute Gasteiger partial charge is 0.354 e. The number of aryl methyl sites for hydroxylation is 1. The quantitative estimate of drug-likeness (QED) is 0.809. The molecule has 1 saturated heterocycles. The van der Waals surface area contributed by atoms with Gasteiger partial charge in [0.1, 0.15) is 6.04 Å². The van der Waals surface area contributed by atoms with Crippen LogP contribution in [0.1, 0.15) is 37.8 Å². The number of carbonyl (C=O) groups is 1. The van der Waals surface area contributed by atoms with Crippen LogP contribution >= 0.6 is 0 Å². The van der Waals surface area contributed by atoms with Gasteiger partial charge in [-0.15, -0.1) is 0 Å². The van der Waals surface area contributed by atoms with Crippen LogP contribution in [-0.4, -0.2) is 37.8 Å². The van der Waals surface area contributed by atoms with Crippen LogP contribution in [0.25, 0.3) is 0 Å². The summed E-state index contributed by atoms with van der Waals surface area (Å²) in [5, 5.41) is 2.99. The molecule has 0 saturated carbocycles. The highest BCUT2D eigenvalue weighted by Gasteiger charge is 2.39. The lowest BCUT2D eigenvalue weighted by Crippen LogP contribution is -2.48. The van der Waals surface area contributed by atoms with Crippen LogP contribution in [0, 0.1) is 6.92 Å². The monoisotopic (exact) mass is 400 g/mol. The third kappa shape index (κ3) is 4.28. The molecule has 0 aromatic heterocycles. The molecule has 0 aliphatic carbocycles. The van der Waals surface area contributed by atoms with Crippen molar-refractivity contribution in [1.29, 1.82) is 0 Å². The summed E-state index contributed by atoms with van der Waals surface area (Å²) in [4.78, 5) is 13.1. The van der Waals surface area contributed by atoms with Gasteiger partial charge in [-0.3, -0.25) is 4.79 Å². The molecule has 1 N–H and O–H groups in total. The third-order valence-corrected chi connectivity index (χ3v) is 7.28. The number of hydrogen-bond donors (Lipinski definition) is 1. The van der Waals surface area contributed by atoms with E-state index in [0.29, 0.717) is 25.9 Å². The Morgan fingerprint density at radius 3 is 2.54 bits per heavy atom. The van der Waals surface area contributed by atoms with Gasteiger partial charge < -0.3 is 5.32 Å². The molecule has 1 unspecified atom stereocenters. The number of hydrogen-bond acceptors (Lipinski definition) is 3. The zero-order valence-corrected chi connectivity index (χ0v) is 17.5. The van der Waals surface area contributed by atoms with Gasteiger partial charge in [-0.1, -0.05) is 61.9 Å². The minimum Gasteiger partial charge on any atom is -0.354 e. The van der Waals surface area contributed by atoms with E-state index in [1.165, 1.54) is 9.87 Å². The molecule has 1 atom stereocenters. The average Bonchev–Trinajstić information content (AvgIpc) is 3.18. The van der Waals surface area contributed by atoms with E-state index in [9.17, 15) is 13.2 Å². The standard InChI is InChI=1S/C22H28N2O3S/c1-17-9-7-10-18(15-17)22(2,3)16-23-21(25)20-13-8-14-24(20)28(26,27)19-11-5-4-6-12-19/h4-7,9-12,15,20H,8,13-14,16H2,1-3H3,(H,23,25). The summed E-state index contributed by atoms with van der Waals surface area (Å²) in [5.74, 6) is -0.224. The highest BCUT2D eigenvalue weighted by molar-refractivity contribution is 7.89. The van der Waals surface area contributed by atoms with Crippen molar-refractivity contribution < 1.29 is 13.2 Å². The van der Waals surface area contributed by atoms with Crippen LogP contribution in [0.5, 0.6) is 0 Å². The minimum absolute atomic E-state index is 0.224. The number of rotatable bonds is 6. The van der Waals surface area contributed by atoms with E-state index in [-0.39, 0.29) is 16.2 Å². The van der Waals surface area contributed by atoms with Crippen molar-refractivity contribution in [2.45, 2.75) is 50.0 Å². The van der Waals surface area contributed by atoms with Crippen molar-refractivity contribution in [2.24, 2.45) is 0 Å². The molecule has 0 radical (unpaired) electrons. The second kappa shape index (κ2) is 8.05. The number of benzene rings is 2. The number of amides is 1. The van der Waals surface area contributed by atoms with Crippen molar-refractivity contribution in [1.82, 2.24) is 9.62 Å². The van der Waals surface area contributed by atoms with E-state index < -0.39 is 16.1 Å². The first-order valence-electron chi connectivity index (χ1n) is 9.63. The van der Waals surface area contributed by atoms with E-state index in [4.69, 9.17) is 0 Å². The van der Waals surface area contributed by atoms with Gasteiger partial charge in [0.05, 0.1) is 4.90 Å². The maximum atomic E-state index is 13.0. The van der Waals surface area contributed by atoms with Gasteiger partial charge in [0, 0.05) is 18.5 Å². The molecule has 3 rings (SSSR count). The first-order valence-corrected chi connectivity index (χ1v) is 11.1. The summed E-state index contributed by atoms with van der Waals surface area (Å²) < 4.78 is 27.3. The molecule has 0 spiro atoms. The molecular weight excluding hydrogens is 372 g/mol. The Bertz CT molecular complexity index is 939. The molecule has 2 aromatic rings. The highest BCUT2D eigenvalue weighted by atomic mass is 32.2. The molecule has 1 amide bonds. The molecule has 1 fully saturated rings. The van der Waals surface area contributed by atoms with Crippen LogP contribution in [0.3, 0.4) is 0 Å². The fourth-order valence-electron chi connectivity index (χ4n) is 3.61. The SMILES string of the molecule is Cc1cccc(C(C)(C)CNC(=O)C2CCCN2S(=O)(=O)c2ccccc2)c1. The zero-order valence-electron chi connectivity index (χ0n) is 16.7. The van der Waals surface area contributed by atoms with Gasteiger partial charge in [-0.2, -0.15) is 4.31 Å². The number of nitrogens with zero attached hydrogens (tertiary/aromatic N) is 1. The smallest absolute Gasteiger partial charge is 0.243 e. The number of sulfonamides is 1. The zero-order chi connectivity index (χ0) is 20.4. The lowest BCUT2D eigenvalue weighted by Gasteiger charge is -2.28. The second-order valence-corrected chi connectivity index (χ2v) is 9.95. The normalized spacial score (nSPS) is 18.2. The maximum Gasteiger partial charge on any atom is 0.243 e. The number of carbonyl (C=O) groups excluding carboxylic acids is 1. The molecule has 150 valence electrons. The summed E-state index contributed by atoms with van der Waals surface area (Å²) >= 11 is 0. The second-order valence-electron chi connectivity index (χ2n) is 8.06. The highest BCUT2D eigenvalue weighted by Crippen LogP contribution is 2.27. The van der Waals surface area contributed by atoms with Gasteiger partial charge in [-0.05, 0) is 37.5 Å². The first-order chi connectivity index (χ1) is 13.2. The predicted octanol–water partition coefficient (Wildman–Crippen LogP) is 3.24. The summed E-state index contributed by atoms with van der Waals surface area (Å²) in [7, 11) is -3.67. The molecular formula is C22H28N2O3S. The maximum absolute atomic E-state index is 13.0. The predicted molar refractivity (Wildman–Crippen MR) is 111 cm³/mol. The summed E-state index contributed by atoms with van der Waals surface area (Å²) in [6.07, 6.45) is 1.23. The Morgan fingerprint density at radius 1 is 1.14 bits per heavy atom. The molecule has 6 heteroatoms. The average molecular weight is 401 g/mol. The molecule has 2 aromatic carbocycles. The van der Waals surface area contributed by atoms with Crippen molar-refractivity contribution in [3.05, 3.63) is 65.7 Å². The molecule has 5 nitrogen and oxygen atoms in total. The van der Waals surface area contributed by atoms with E-state index in [1.807, 2.05) is 19.1 Å². The van der Waals surface area contributed by atoms with Crippen LogP contribution in [-0.2, 0) is 20.2 Å². The third-order valence-electron chi connectivity index (χ3n) is 5.36. The van der Waals surface area contributed by atoms with Gasteiger partial charge in [0.15, 0.2) is 0 Å². The Labute approximate surface area is 167 Å². The Balaban J connectivity index is 1.71. The van der Waals surface area contributed by atoms with Crippen molar-refractivity contribution >= 4 is 15.9 Å². The van der Waals surface area contributed by atoms with Gasteiger partial charge in [-0.25, -0.2) is 8.42 Å². The molecule has 1 aliphatic heterocycles. The fourth-order valence-corrected chi connectivity index (χ4v) is 5.29. The van der Waals surface area contributed by atoms with Crippen LogP contribution in [0.2, 0.25) is 0 Å². The number of nitrogens with one attached hydrogen (secondary N) is 1. The van der Waals surface area contributed by atoms with E-state index in [0.717, 1.165) is 5.56 Å². The Morgan fingerprint density at radius 2 is 1.86 bits per heavy atom. The summed E-state index contributed by atoms with van der Waals surface area (Å²) in [6.45, 7) is 7.02. The molecule has 28 heavy (non-hydrogen) atoms. The molecule has 1 aliphatic rings. The van der Waals surface area contributed by atoms with Crippen LogP contribution in [0.4, 0.5) is 0 Å². The first kappa shape index (κ1) is 20.6. The minimum atomic E-state index is -3.67.